The van der Waals surface area contributed by atoms with E-state index in [4.69, 9.17) is 4.98 Å². The van der Waals surface area contributed by atoms with Crippen LogP contribution in [0.25, 0.3) is 5.65 Å². The topological polar surface area (TPSA) is 62.5 Å². The molecule has 0 bridgehead atoms. The number of amides is 1. The first kappa shape index (κ1) is 15.6. The molecule has 0 unspecified atom stereocenters. The Labute approximate surface area is 146 Å². The number of aromatic nitrogens is 3. The monoisotopic (exact) mass is 335 g/mol. The molecule has 1 atom stereocenters. The lowest BCUT2D eigenvalue weighted by molar-refractivity contribution is -0.116. The Kier molecular flexibility index (Phi) is 3.49. The third kappa shape index (κ3) is 2.54. The summed E-state index contributed by atoms with van der Waals surface area (Å²) in [4.78, 5) is 19.0. The van der Waals surface area contributed by atoms with E-state index in [0.717, 1.165) is 33.8 Å². The summed E-state index contributed by atoms with van der Waals surface area (Å²) in [6.45, 7) is 3.98. The molecule has 1 aliphatic rings. The fraction of sp³-hybridized carbons (Fsp3) is 0.316. The average molecular weight is 335 g/mol. The average Bonchev–Trinajstić information content (AvgIpc) is 2.92. The molecule has 1 aromatic carbocycles. The number of fused-ring (bicyclic) bond motifs is 3. The molecule has 0 aliphatic carbocycles. The van der Waals surface area contributed by atoms with Gasteiger partial charge in [-0.2, -0.15) is 0 Å². The largest absolute Gasteiger partial charge is 0.378 e. The van der Waals surface area contributed by atoms with Gasteiger partial charge in [0, 0.05) is 49.1 Å². The first-order valence-electron chi connectivity index (χ1n) is 8.38. The van der Waals surface area contributed by atoms with Gasteiger partial charge in [0.25, 0.3) is 0 Å². The van der Waals surface area contributed by atoms with E-state index >= 15 is 0 Å². The zero-order valence-electron chi connectivity index (χ0n) is 14.9. The van der Waals surface area contributed by atoms with Crippen molar-refractivity contribution in [3.05, 3.63) is 52.8 Å². The zero-order valence-corrected chi connectivity index (χ0v) is 14.9. The molecule has 0 saturated carbocycles. The predicted molar refractivity (Wildman–Crippen MR) is 98.3 cm³/mol. The molecule has 2 aromatic heterocycles. The number of hydrogen-bond donors (Lipinski definition) is 1. The van der Waals surface area contributed by atoms with Crippen LogP contribution in [-0.2, 0) is 4.79 Å². The zero-order chi connectivity index (χ0) is 17.7. The molecule has 6 heteroatoms. The Hall–Kier alpha value is -2.89. The summed E-state index contributed by atoms with van der Waals surface area (Å²) in [6.07, 6.45) is 0.407. The van der Waals surface area contributed by atoms with E-state index in [9.17, 15) is 4.79 Å². The summed E-state index contributed by atoms with van der Waals surface area (Å²) in [5.41, 5.74) is 6.03. The molecule has 3 heterocycles. The van der Waals surface area contributed by atoms with E-state index in [-0.39, 0.29) is 11.8 Å². The minimum atomic E-state index is -0.0360. The number of aryl methyl sites for hydroxylation is 2. The molecule has 0 radical (unpaired) electrons. The lowest BCUT2D eigenvalue weighted by Gasteiger charge is -2.23. The summed E-state index contributed by atoms with van der Waals surface area (Å²) < 4.78 is 1.82. The number of rotatable bonds is 2. The third-order valence-electron chi connectivity index (χ3n) is 4.74. The summed E-state index contributed by atoms with van der Waals surface area (Å²) in [5.74, 6) is 0.581. The van der Waals surface area contributed by atoms with Crippen LogP contribution < -0.4 is 10.2 Å². The predicted octanol–water partition coefficient (Wildman–Crippen LogP) is 2.89. The van der Waals surface area contributed by atoms with E-state index in [1.54, 1.807) is 0 Å². The smallest absolute Gasteiger partial charge is 0.226 e. The van der Waals surface area contributed by atoms with E-state index in [0.29, 0.717) is 12.2 Å². The van der Waals surface area contributed by atoms with Crippen LogP contribution in [0, 0.1) is 13.8 Å². The summed E-state index contributed by atoms with van der Waals surface area (Å²) in [7, 11) is 4.03. The molecule has 128 valence electrons. The summed E-state index contributed by atoms with van der Waals surface area (Å²) in [6, 6.07) is 10.3. The molecule has 3 aromatic rings. The first-order chi connectivity index (χ1) is 11.9. The van der Waals surface area contributed by atoms with Gasteiger partial charge in [-0.3, -0.25) is 4.79 Å². The van der Waals surface area contributed by atoms with Gasteiger partial charge in [0.1, 0.15) is 0 Å². The Morgan fingerprint density at radius 2 is 1.92 bits per heavy atom. The highest BCUT2D eigenvalue weighted by Crippen LogP contribution is 2.39. The van der Waals surface area contributed by atoms with E-state index < -0.39 is 0 Å². The number of hydrogen-bond acceptors (Lipinski definition) is 4. The lowest BCUT2D eigenvalue weighted by Crippen LogP contribution is -2.23. The first-order valence-corrected chi connectivity index (χ1v) is 8.38. The van der Waals surface area contributed by atoms with Crippen LogP contribution in [0.2, 0.25) is 0 Å². The van der Waals surface area contributed by atoms with Crippen molar-refractivity contribution in [3.63, 3.8) is 0 Å². The number of nitrogens with zero attached hydrogens (tertiary/aromatic N) is 4. The third-order valence-corrected chi connectivity index (χ3v) is 4.74. The number of carbonyl (C=O) groups is 1. The van der Waals surface area contributed by atoms with Crippen molar-refractivity contribution in [2.75, 3.05) is 24.3 Å². The number of carbonyl (C=O) groups excluding carboxylic acids is 1. The molecule has 1 aliphatic heterocycles. The summed E-state index contributed by atoms with van der Waals surface area (Å²) >= 11 is 0. The SMILES string of the molecule is Cc1cc(C)n2nc3c(c2n1)[C@@H](c1ccc(N(C)C)cc1)CC(=O)N3. The van der Waals surface area contributed by atoms with Crippen molar-refractivity contribution in [3.8, 4) is 0 Å². The normalized spacial score (nSPS) is 16.6. The highest BCUT2D eigenvalue weighted by molar-refractivity contribution is 5.96. The Morgan fingerprint density at radius 3 is 2.60 bits per heavy atom. The van der Waals surface area contributed by atoms with Crippen molar-refractivity contribution in [2.45, 2.75) is 26.2 Å². The Bertz CT molecular complexity index is 972. The van der Waals surface area contributed by atoms with Gasteiger partial charge in [0.2, 0.25) is 5.91 Å². The van der Waals surface area contributed by atoms with Crippen LogP contribution in [-0.4, -0.2) is 34.6 Å². The maximum atomic E-state index is 12.2. The van der Waals surface area contributed by atoms with E-state index in [1.807, 2.05) is 38.5 Å². The van der Waals surface area contributed by atoms with Gasteiger partial charge in [0.05, 0.1) is 0 Å². The van der Waals surface area contributed by atoms with Gasteiger partial charge in [-0.25, -0.2) is 9.50 Å². The molecule has 1 N–H and O–H groups in total. The number of nitrogens with one attached hydrogen (secondary N) is 1. The van der Waals surface area contributed by atoms with Crippen LogP contribution >= 0.6 is 0 Å². The molecule has 6 nitrogen and oxygen atoms in total. The maximum absolute atomic E-state index is 12.2. The van der Waals surface area contributed by atoms with Gasteiger partial charge < -0.3 is 10.2 Å². The van der Waals surface area contributed by atoms with E-state index in [1.165, 1.54) is 0 Å². The highest BCUT2D eigenvalue weighted by Gasteiger charge is 2.32. The van der Waals surface area contributed by atoms with E-state index in [2.05, 4.69) is 39.6 Å². The van der Waals surface area contributed by atoms with Crippen LogP contribution in [0.15, 0.2) is 30.3 Å². The van der Waals surface area contributed by atoms with Gasteiger partial charge in [-0.05, 0) is 37.6 Å². The molecule has 0 saturated heterocycles. The molecular formula is C19H21N5O. The quantitative estimate of drug-likeness (QED) is 0.782. The van der Waals surface area contributed by atoms with Crippen LogP contribution in [0.4, 0.5) is 11.5 Å². The second-order valence-corrected chi connectivity index (χ2v) is 6.83. The van der Waals surface area contributed by atoms with Crippen molar-refractivity contribution in [1.29, 1.82) is 0 Å². The fourth-order valence-electron chi connectivity index (χ4n) is 3.51. The molecular weight excluding hydrogens is 314 g/mol. The lowest BCUT2D eigenvalue weighted by atomic mass is 9.87. The second kappa shape index (κ2) is 5.58. The van der Waals surface area contributed by atoms with Crippen molar-refractivity contribution >= 4 is 23.1 Å². The second-order valence-electron chi connectivity index (χ2n) is 6.83. The summed E-state index contributed by atoms with van der Waals surface area (Å²) in [5, 5.41) is 7.49. The number of anilines is 2. The minimum Gasteiger partial charge on any atom is -0.378 e. The van der Waals surface area contributed by atoms with Gasteiger partial charge in [-0.15, -0.1) is 5.10 Å². The fourth-order valence-corrected chi connectivity index (χ4v) is 3.51. The van der Waals surface area contributed by atoms with Gasteiger partial charge >= 0.3 is 0 Å². The Balaban J connectivity index is 1.90. The molecule has 4 rings (SSSR count). The van der Waals surface area contributed by atoms with Gasteiger partial charge in [0.15, 0.2) is 11.5 Å². The minimum absolute atomic E-state index is 0.00744. The van der Waals surface area contributed by atoms with Crippen LogP contribution in [0.1, 0.15) is 34.9 Å². The van der Waals surface area contributed by atoms with Crippen molar-refractivity contribution in [2.24, 2.45) is 0 Å². The van der Waals surface area contributed by atoms with Crippen LogP contribution in [0.5, 0.6) is 0 Å². The standard InChI is InChI=1S/C19H21N5O/c1-11-9-12(2)24-19(20-11)17-15(10-16(25)21-18(17)22-24)13-5-7-14(8-6-13)23(3)4/h5-9,15H,10H2,1-4H3,(H,21,22,25)/t15-/m1/s1. The highest BCUT2D eigenvalue weighted by atomic mass is 16.1. The van der Waals surface area contributed by atoms with Crippen molar-refractivity contribution in [1.82, 2.24) is 14.6 Å². The Morgan fingerprint density at radius 1 is 1.20 bits per heavy atom. The number of benzene rings is 1. The maximum Gasteiger partial charge on any atom is 0.226 e. The van der Waals surface area contributed by atoms with Gasteiger partial charge in [-0.1, -0.05) is 12.1 Å². The van der Waals surface area contributed by atoms with Crippen molar-refractivity contribution < 1.29 is 4.79 Å². The van der Waals surface area contributed by atoms with Crippen LogP contribution in [0.3, 0.4) is 0 Å². The molecule has 0 fully saturated rings. The molecule has 0 spiro atoms. The molecule has 25 heavy (non-hydrogen) atoms. The molecule has 1 amide bonds.